The molecule has 0 aliphatic carbocycles. The molecule has 0 atom stereocenters. The number of benzene rings is 1. The molecule has 0 unspecified atom stereocenters. The van der Waals surface area contributed by atoms with Gasteiger partial charge >= 0.3 is 0 Å². The molecule has 1 aromatic rings. The van der Waals surface area contributed by atoms with Crippen molar-refractivity contribution in [3.05, 3.63) is 23.8 Å². The van der Waals surface area contributed by atoms with Crippen molar-refractivity contribution in [1.29, 1.82) is 0 Å². The van der Waals surface area contributed by atoms with Crippen molar-refractivity contribution in [2.75, 3.05) is 13.7 Å². The number of methoxy groups -OCH3 is 1. The molecule has 0 aliphatic heterocycles. The quantitative estimate of drug-likeness (QED) is 0.796. The molecule has 0 radical (unpaired) electrons. The van der Waals surface area contributed by atoms with Crippen molar-refractivity contribution < 1.29 is 13.2 Å². The molecule has 0 spiro atoms. The van der Waals surface area contributed by atoms with Gasteiger partial charge in [0.2, 0.25) is 10.0 Å². The summed E-state index contributed by atoms with van der Waals surface area (Å²) in [6.45, 7) is 3.72. The summed E-state index contributed by atoms with van der Waals surface area (Å²) in [5.74, 6) is 5.77. The molecule has 1 rings (SSSR count). The standard InChI is InChI=1S/C13H18N2O3S/c1-10(2)15-19(16,17)13-9-11(5-4-8-14)6-7-12(13)18-3/h6-7,9-10,15H,8,14H2,1-3H3. The largest absolute Gasteiger partial charge is 0.495 e. The van der Waals surface area contributed by atoms with Crippen LogP contribution in [0.15, 0.2) is 23.1 Å². The van der Waals surface area contributed by atoms with E-state index in [1.54, 1.807) is 26.0 Å². The minimum atomic E-state index is -3.62. The van der Waals surface area contributed by atoms with Crippen molar-refractivity contribution in [3.63, 3.8) is 0 Å². The zero-order chi connectivity index (χ0) is 14.5. The summed E-state index contributed by atoms with van der Waals surface area (Å²) in [5, 5.41) is 0. The second-order valence-corrected chi connectivity index (χ2v) is 5.83. The lowest BCUT2D eigenvalue weighted by atomic mass is 10.2. The Morgan fingerprint density at radius 3 is 2.63 bits per heavy atom. The van der Waals surface area contributed by atoms with Gasteiger partial charge in [0.25, 0.3) is 0 Å². The van der Waals surface area contributed by atoms with Gasteiger partial charge in [-0.3, -0.25) is 0 Å². The Kier molecular flexibility index (Phi) is 5.36. The third-order valence-electron chi connectivity index (χ3n) is 2.18. The first-order valence-electron chi connectivity index (χ1n) is 5.80. The SMILES string of the molecule is COc1ccc(C#CCN)cc1S(=O)(=O)NC(C)C. The topological polar surface area (TPSA) is 81.4 Å². The molecule has 0 fully saturated rings. The molecule has 0 heterocycles. The Bertz CT molecular complexity index is 598. The molecule has 5 nitrogen and oxygen atoms in total. The average Bonchev–Trinajstić information content (AvgIpc) is 2.34. The van der Waals surface area contributed by atoms with Gasteiger partial charge in [0.05, 0.1) is 13.7 Å². The summed E-state index contributed by atoms with van der Waals surface area (Å²) in [6, 6.07) is 4.55. The maximum absolute atomic E-state index is 12.2. The van der Waals surface area contributed by atoms with Crippen molar-refractivity contribution in [3.8, 4) is 17.6 Å². The van der Waals surface area contributed by atoms with Gasteiger partial charge in [0.1, 0.15) is 10.6 Å². The van der Waals surface area contributed by atoms with Crippen molar-refractivity contribution in [2.45, 2.75) is 24.8 Å². The Labute approximate surface area is 114 Å². The summed E-state index contributed by atoms with van der Waals surface area (Å²) in [6.07, 6.45) is 0. The van der Waals surface area contributed by atoms with Crippen LogP contribution in [0.5, 0.6) is 5.75 Å². The molecule has 0 saturated heterocycles. The fourth-order valence-corrected chi connectivity index (χ4v) is 2.94. The lowest BCUT2D eigenvalue weighted by Gasteiger charge is -2.13. The van der Waals surface area contributed by atoms with Gasteiger partial charge in [0.15, 0.2) is 0 Å². The molecular formula is C13H18N2O3S. The van der Waals surface area contributed by atoms with E-state index in [1.165, 1.54) is 13.2 Å². The summed E-state index contributed by atoms with van der Waals surface area (Å²) >= 11 is 0. The molecule has 0 bridgehead atoms. The third-order valence-corrected chi connectivity index (χ3v) is 3.86. The van der Waals surface area contributed by atoms with Crippen LogP contribution in [0.2, 0.25) is 0 Å². The minimum Gasteiger partial charge on any atom is -0.495 e. The zero-order valence-electron chi connectivity index (χ0n) is 11.2. The molecular weight excluding hydrogens is 264 g/mol. The van der Waals surface area contributed by atoms with E-state index >= 15 is 0 Å². The highest BCUT2D eigenvalue weighted by Crippen LogP contribution is 2.24. The number of hydrogen-bond donors (Lipinski definition) is 2. The summed E-state index contributed by atoms with van der Waals surface area (Å²) in [7, 11) is -2.20. The maximum atomic E-state index is 12.2. The van der Waals surface area contributed by atoms with Gasteiger partial charge in [-0.2, -0.15) is 0 Å². The fourth-order valence-electron chi connectivity index (χ4n) is 1.49. The molecule has 0 amide bonds. The normalized spacial score (nSPS) is 11.0. The van der Waals surface area contributed by atoms with Crippen LogP contribution in [0.1, 0.15) is 19.4 Å². The number of ether oxygens (including phenoxy) is 1. The van der Waals surface area contributed by atoms with Crippen LogP contribution in [0.4, 0.5) is 0 Å². The molecule has 104 valence electrons. The van der Waals surface area contributed by atoms with Crippen LogP contribution < -0.4 is 15.2 Å². The molecule has 0 aliphatic rings. The molecule has 1 aromatic carbocycles. The predicted octanol–water partition coefficient (Wildman–Crippen LogP) is 0.692. The van der Waals surface area contributed by atoms with E-state index in [0.29, 0.717) is 5.56 Å². The van der Waals surface area contributed by atoms with Gasteiger partial charge < -0.3 is 10.5 Å². The number of nitrogens with two attached hydrogens (primary N) is 1. The molecule has 0 saturated carbocycles. The Morgan fingerprint density at radius 2 is 2.11 bits per heavy atom. The summed E-state index contributed by atoms with van der Waals surface area (Å²) < 4.78 is 32.0. The zero-order valence-corrected chi connectivity index (χ0v) is 12.0. The van der Waals surface area contributed by atoms with E-state index in [-0.39, 0.29) is 23.2 Å². The highest BCUT2D eigenvalue weighted by atomic mass is 32.2. The molecule has 0 aromatic heterocycles. The number of nitrogens with one attached hydrogen (secondary N) is 1. The molecule has 19 heavy (non-hydrogen) atoms. The molecule has 3 N–H and O–H groups in total. The summed E-state index contributed by atoms with van der Waals surface area (Å²) in [5.41, 5.74) is 5.87. The van der Waals surface area contributed by atoms with E-state index in [9.17, 15) is 8.42 Å². The monoisotopic (exact) mass is 282 g/mol. The first kappa shape index (κ1) is 15.5. The lowest BCUT2D eigenvalue weighted by molar-refractivity contribution is 0.402. The van der Waals surface area contributed by atoms with E-state index < -0.39 is 10.0 Å². The van der Waals surface area contributed by atoms with Crippen LogP contribution >= 0.6 is 0 Å². The van der Waals surface area contributed by atoms with Crippen molar-refractivity contribution in [2.24, 2.45) is 5.73 Å². The third kappa shape index (κ3) is 4.24. The maximum Gasteiger partial charge on any atom is 0.244 e. The van der Waals surface area contributed by atoms with Crippen molar-refractivity contribution in [1.82, 2.24) is 4.72 Å². The second kappa shape index (κ2) is 6.57. The highest BCUT2D eigenvalue weighted by molar-refractivity contribution is 7.89. The van der Waals surface area contributed by atoms with Crippen LogP contribution in [0.25, 0.3) is 0 Å². The van der Waals surface area contributed by atoms with Crippen LogP contribution in [-0.2, 0) is 10.0 Å². The highest BCUT2D eigenvalue weighted by Gasteiger charge is 2.20. The molecule has 6 heteroatoms. The average molecular weight is 282 g/mol. The van der Waals surface area contributed by atoms with E-state index in [0.717, 1.165) is 0 Å². The predicted molar refractivity (Wildman–Crippen MR) is 74.4 cm³/mol. The van der Waals surface area contributed by atoms with Gasteiger partial charge in [0, 0.05) is 11.6 Å². The first-order chi connectivity index (χ1) is 8.90. The number of hydrogen-bond acceptors (Lipinski definition) is 4. The van der Waals surface area contributed by atoms with Gasteiger partial charge in [-0.05, 0) is 32.0 Å². The van der Waals surface area contributed by atoms with E-state index in [2.05, 4.69) is 16.6 Å². The summed E-state index contributed by atoms with van der Waals surface area (Å²) in [4.78, 5) is 0.0764. The fraction of sp³-hybridized carbons (Fsp3) is 0.385. The minimum absolute atomic E-state index is 0.0764. The lowest BCUT2D eigenvalue weighted by Crippen LogP contribution is -2.30. The van der Waals surface area contributed by atoms with Gasteiger partial charge in [-0.25, -0.2) is 13.1 Å². The number of sulfonamides is 1. The van der Waals surface area contributed by atoms with Crippen LogP contribution in [0, 0.1) is 11.8 Å². The Hall–Kier alpha value is -1.55. The Balaban J connectivity index is 3.30. The van der Waals surface area contributed by atoms with Gasteiger partial charge in [-0.1, -0.05) is 11.8 Å². The van der Waals surface area contributed by atoms with E-state index in [4.69, 9.17) is 10.5 Å². The van der Waals surface area contributed by atoms with E-state index in [1.807, 2.05) is 0 Å². The Morgan fingerprint density at radius 1 is 1.42 bits per heavy atom. The van der Waals surface area contributed by atoms with Crippen LogP contribution in [0.3, 0.4) is 0 Å². The van der Waals surface area contributed by atoms with Gasteiger partial charge in [-0.15, -0.1) is 0 Å². The second-order valence-electron chi connectivity index (χ2n) is 4.15. The first-order valence-corrected chi connectivity index (χ1v) is 7.28. The number of rotatable bonds is 4. The van der Waals surface area contributed by atoms with Crippen molar-refractivity contribution >= 4 is 10.0 Å². The smallest absolute Gasteiger partial charge is 0.244 e. The van der Waals surface area contributed by atoms with Crippen LogP contribution in [-0.4, -0.2) is 28.1 Å².